The first kappa shape index (κ1) is 71.7. The van der Waals surface area contributed by atoms with Gasteiger partial charge < -0.3 is 59.9 Å². The van der Waals surface area contributed by atoms with Crippen LogP contribution in [0.2, 0.25) is 0 Å². The minimum absolute atomic E-state index is 0.0228. The second-order valence-electron chi connectivity index (χ2n) is 27.7. The summed E-state index contributed by atoms with van der Waals surface area (Å²) in [7, 11) is 0. The smallest absolute Gasteiger partial charge is 0.410 e. The molecule has 10 atom stereocenters. The predicted octanol–water partition coefficient (Wildman–Crippen LogP) is 8.21. The van der Waals surface area contributed by atoms with Crippen molar-refractivity contribution in [3.63, 3.8) is 0 Å². The van der Waals surface area contributed by atoms with E-state index in [0.29, 0.717) is 22.3 Å². The van der Waals surface area contributed by atoms with E-state index in [0.717, 1.165) is 9.80 Å². The van der Waals surface area contributed by atoms with Crippen molar-refractivity contribution in [3.05, 3.63) is 94.6 Å². The molecule has 0 spiro atoms. The lowest BCUT2D eigenvalue weighted by molar-refractivity contribution is -0.150. The molecule has 0 radical (unpaired) electrons. The number of allylic oxidation sites excluding steroid dienone is 2. The number of halogens is 6. The zero-order chi connectivity index (χ0) is 70.0. The summed E-state index contributed by atoms with van der Waals surface area (Å²) < 4.78 is 116. The van der Waals surface area contributed by atoms with Crippen molar-refractivity contribution in [2.75, 3.05) is 19.7 Å². The summed E-state index contributed by atoms with van der Waals surface area (Å²) >= 11 is 0. The summed E-state index contributed by atoms with van der Waals surface area (Å²) in [5.74, 6) is -13.9. The number of carbonyl (C=O) groups is 10. The molecular weight excluding hydrogens is 1270 g/mol. The number of aliphatic carboxylic acids is 1. The number of fused-ring (bicyclic) bond motifs is 6. The van der Waals surface area contributed by atoms with Crippen molar-refractivity contribution in [1.82, 2.24) is 40.9 Å². The van der Waals surface area contributed by atoms with Crippen LogP contribution in [-0.4, -0.2) is 175 Å². The Morgan fingerprint density at radius 2 is 1.01 bits per heavy atom. The summed E-state index contributed by atoms with van der Waals surface area (Å²) in [6.07, 6.45) is -3.60. The standard InChI is InChI=1S/C34H43F3N4O8.C32H39F3N4O8/c1-5-47-29(44)34-16-21(34)10-6-7-13-33(36,37)14-12-25(38-30(45)49-32(2,3)4)28(43)41-18-22(15-26(41)27(42)39-34)48-31(46)40-17-20-9-8-11-24(35)23(20)19-40;1-30(2,3)47-28(44)36-23-10-12-31(34,35)11-5-4-8-19-14-32(19,27(42)43)37-25(40)24-13-20(16-39(24)26(23)41)46-29(45)38-15-18-7-6-9-22(33)21(18)17-38/h6,8-11,21-22,25-26H,5,7,12-19H2,1-4H3,(H,38,45)(H,39,42);4,6-9,19-20,23-24H,5,10-17H2,1-3H3,(H,36,44)(H,37,40)(H,42,43)/b10-6-;8-4-/t21-,22-,25+,26+,34-;19-,20-,23+,24+,32-/m11/s1. The zero-order valence-corrected chi connectivity index (χ0v) is 54.5. The summed E-state index contributed by atoms with van der Waals surface area (Å²) in [5, 5.41) is 20.1. The van der Waals surface area contributed by atoms with Crippen molar-refractivity contribution < 1.29 is 103 Å². The zero-order valence-electron chi connectivity index (χ0n) is 54.5. The normalized spacial score (nSPS) is 29.3. The summed E-state index contributed by atoms with van der Waals surface area (Å²) in [5.41, 5.74) is -3.15. The van der Waals surface area contributed by atoms with Crippen LogP contribution < -0.4 is 21.3 Å². The number of amides is 8. The molecule has 24 nitrogen and oxygen atoms in total. The molecule has 0 aromatic heterocycles. The third kappa shape index (κ3) is 17.1. The van der Waals surface area contributed by atoms with Gasteiger partial charge in [-0.25, -0.2) is 55.1 Å². The van der Waals surface area contributed by atoms with Gasteiger partial charge in [-0.15, -0.1) is 0 Å². The topological polar surface area (TPSA) is 298 Å². The van der Waals surface area contributed by atoms with Crippen LogP contribution in [0, 0.1) is 23.5 Å². The number of nitrogens with zero attached hydrogens (tertiary/aromatic N) is 4. The number of ether oxygens (including phenoxy) is 5. The minimum atomic E-state index is -3.23. The van der Waals surface area contributed by atoms with E-state index in [9.17, 15) is 70.6 Å². The molecular formula is C66H82F6N8O16. The maximum absolute atomic E-state index is 15.1. The Labute approximate surface area is 550 Å². The van der Waals surface area contributed by atoms with E-state index in [4.69, 9.17) is 23.7 Å². The van der Waals surface area contributed by atoms with E-state index in [1.165, 1.54) is 52.3 Å². The number of alkyl carbamates (subject to hydrolysis) is 2. The van der Waals surface area contributed by atoms with Crippen LogP contribution in [-0.2, 0) is 78.6 Å². The molecule has 0 unspecified atom stereocenters. The van der Waals surface area contributed by atoms with Crippen LogP contribution in [0.15, 0.2) is 60.7 Å². The lowest BCUT2D eigenvalue weighted by Gasteiger charge is -2.30. The molecule has 2 aliphatic carbocycles. The van der Waals surface area contributed by atoms with E-state index in [2.05, 4.69) is 21.3 Å². The fraction of sp³-hybridized carbons (Fsp3) is 0.606. The summed E-state index contributed by atoms with van der Waals surface area (Å²) in [6.45, 7) is 10.6. The van der Waals surface area contributed by atoms with Crippen LogP contribution in [0.1, 0.15) is 148 Å². The fourth-order valence-electron chi connectivity index (χ4n) is 12.9. The summed E-state index contributed by atoms with van der Waals surface area (Å²) in [4.78, 5) is 138. The maximum atomic E-state index is 15.1. The molecule has 8 amide bonds. The molecule has 5 N–H and O–H groups in total. The van der Waals surface area contributed by atoms with Gasteiger partial charge in [-0.3, -0.25) is 29.0 Å². The van der Waals surface area contributed by atoms with Gasteiger partial charge in [0.15, 0.2) is 0 Å². The van der Waals surface area contributed by atoms with Gasteiger partial charge in [0.2, 0.25) is 35.5 Å². The van der Waals surface area contributed by atoms with E-state index in [1.807, 2.05) is 0 Å². The average Bonchev–Trinajstić information content (AvgIpc) is 1.59. The SMILES string of the molecule is CC(C)(C)OC(=O)N[C@H]1CCC(F)(F)CC/C=C\[C@@H]2C[C@@]2(C(=O)O)NC(=O)[C@@H]2C[C@@H](OC(=O)N3Cc4cccc(F)c4C3)CN2C1=O.CCOC(=O)[C@@]12C[C@H]1/C=C\CCC(F)(F)CC[C@H](NC(=O)OC(C)(C)C)C(=O)N1C[C@H](OC(=O)N3Cc4cccc(F)c4C3)C[C@H]1C(=O)N2. The lowest BCUT2D eigenvalue weighted by Crippen LogP contribution is -2.57. The van der Waals surface area contributed by atoms with Gasteiger partial charge in [-0.1, -0.05) is 48.6 Å². The number of carbonyl (C=O) groups excluding carboxylic acids is 9. The van der Waals surface area contributed by atoms with Crippen LogP contribution in [0.5, 0.6) is 0 Å². The summed E-state index contributed by atoms with van der Waals surface area (Å²) in [6, 6.07) is 3.29. The Morgan fingerprint density at radius 1 is 0.604 bits per heavy atom. The minimum Gasteiger partial charge on any atom is -0.479 e. The van der Waals surface area contributed by atoms with Crippen molar-refractivity contribution in [3.8, 4) is 0 Å². The Morgan fingerprint density at radius 3 is 1.41 bits per heavy atom. The van der Waals surface area contributed by atoms with Gasteiger partial charge in [0.1, 0.15) is 70.3 Å². The monoisotopic (exact) mass is 1360 g/mol. The Kier molecular flexibility index (Phi) is 21.1. The van der Waals surface area contributed by atoms with Gasteiger partial charge in [0.25, 0.3) is 0 Å². The third-order valence-electron chi connectivity index (χ3n) is 18.0. The first-order valence-electron chi connectivity index (χ1n) is 32.2. The van der Waals surface area contributed by atoms with Crippen LogP contribution in [0.25, 0.3) is 0 Å². The van der Waals surface area contributed by atoms with E-state index >= 15 is 8.78 Å². The van der Waals surface area contributed by atoms with Gasteiger partial charge in [0, 0.05) is 74.6 Å². The van der Waals surface area contributed by atoms with Crippen LogP contribution in [0.4, 0.5) is 45.5 Å². The van der Waals surface area contributed by atoms with E-state index in [1.54, 1.807) is 66.7 Å². The highest BCUT2D eigenvalue weighted by Gasteiger charge is 2.63. The van der Waals surface area contributed by atoms with Crippen molar-refractivity contribution >= 4 is 59.9 Å². The number of benzene rings is 2. The number of carboxylic acid groups (broad SMARTS) is 1. The number of carboxylic acids is 1. The molecule has 2 saturated carbocycles. The van der Waals surface area contributed by atoms with E-state index in [-0.39, 0.29) is 84.4 Å². The quantitative estimate of drug-likeness (QED) is 0.0755. The van der Waals surface area contributed by atoms with Crippen molar-refractivity contribution in [1.29, 1.82) is 0 Å². The molecule has 6 heterocycles. The molecule has 8 aliphatic rings. The number of rotatable bonds is 7. The highest BCUT2D eigenvalue weighted by molar-refractivity contribution is 5.98. The number of esters is 1. The van der Waals surface area contributed by atoms with Gasteiger partial charge in [-0.05, 0) is 110 Å². The molecule has 4 fully saturated rings. The van der Waals surface area contributed by atoms with Crippen molar-refractivity contribution in [2.45, 2.75) is 222 Å². The molecule has 524 valence electrons. The van der Waals surface area contributed by atoms with Gasteiger partial charge in [-0.2, -0.15) is 0 Å². The average molecular weight is 1360 g/mol. The number of hydrogen-bond acceptors (Lipinski definition) is 15. The number of hydrogen-bond donors (Lipinski definition) is 5. The number of alkyl halides is 4. The van der Waals surface area contributed by atoms with Gasteiger partial charge in [0.05, 0.1) is 32.8 Å². The van der Waals surface area contributed by atoms with Crippen molar-refractivity contribution in [2.24, 2.45) is 11.8 Å². The Bertz CT molecular complexity index is 3430. The van der Waals surface area contributed by atoms with Gasteiger partial charge >= 0.3 is 36.3 Å². The highest BCUT2D eigenvalue weighted by Crippen LogP contribution is 2.48. The lowest BCUT2D eigenvalue weighted by atomic mass is 10.0. The second-order valence-corrected chi connectivity index (χ2v) is 27.7. The maximum Gasteiger partial charge on any atom is 0.410 e. The highest BCUT2D eigenvalue weighted by atomic mass is 19.3. The first-order valence-corrected chi connectivity index (χ1v) is 32.2. The fourth-order valence-corrected chi connectivity index (χ4v) is 12.9. The largest absolute Gasteiger partial charge is 0.479 e. The molecule has 96 heavy (non-hydrogen) atoms. The van der Waals surface area contributed by atoms with E-state index < -0.39 is 192 Å². The number of nitrogens with one attached hydrogen (secondary N) is 4. The molecule has 30 heteroatoms. The molecule has 0 bridgehead atoms. The molecule has 2 aromatic carbocycles. The molecule has 2 aromatic rings. The first-order chi connectivity index (χ1) is 45.0. The molecule has 10 rings (SSSR count). The third-order valence-corrected chi connectivity index (χ3v) is 18.0. The molecule has 6 aliphatic heterocycles. The predicted molar refractivity (Wildman–Crippen MR) is 326 cm³/mol. The van der Waals surface area contributed by atoms with Crippen LogP contribution >= 0.6 is 0 Å². The molecule has 2 saturated heterocycles. The van der Waals surface area contributed by atoms with Crippen LogP contribution in [0.3, 0.4) is 0 Å². The second kappa shape index (κ2) is 28.2. The Balaban J connectivity index is 0.000000226. The Hall–Kier alpha value is -8.60.